The Morgan fingerprint density at radius 3 is 2.29 bits per heavy atom. The summed E-state index contributed by atoms with van der Waals surface area (Å²) >= 11 is 0. The van der Waals surface area contributed by atoms with Crippen LogP contribution in [-0.4, -0.2) is 107 Å². The molecule has 0 spiro atoms. The average Bonchev–Trinajstić information content (AvgIpc) is 3.51. The second kappa shape index (κ2) is 15.2. The molecule has 0 aromatic carbocycles. The molecule has 4 heterocycles. The zero-order valence-electron chi connectivity index (χ0n) is 24.9. The quantitative estimate of drug-likeness (QED) is 0.0828. The van der Waals surface area contributed by atoms with Gasteiger partial charge in [-0.05, 0) is 6.92 Å². The van der Waals surface area contributed by atoms with Crippen molar-refractivity contribution in [2.45, 2.75) is 62.7 Å². The van der Waals surface area contributed by atoms with Gasteiger partial charge in [0, 0.05) is 43.0 Å². The number of hydrogen-bond donors (Lipinski definition) is 9. The van der Waals surface area contributed by atoms with Crippen molar-refractivity contribution in [3.8, 4) is 0 Å². The van der Waals surface area contributed by atoms with E-state index in [2.05, 4.69) is 9.84 Å². The van der Waals surface area contributed by atoms with Crippen molar-refractivity contribution in [1.29, 1.82) is 0 Å². The van der Waals surface area contributed by atoms with Crippen molar-refractivity contribution >= 4 is 21.6 Å². The van der Waals surface area contributed by atoms with Crippen LogP contribution in [0.25, 0.3) is 0 Å². The highest BCUT2D eigenvalue weighted by Crippen LogP contribution is 2.49. The fourth-order valence-electron chi connectivity index (χ4n) is 4.86. The van der Waals surface area contributed by atoms with E-state index in [1.165, 1.54) is 6.92 Å². The van der Waals surface area contributed by atoms with E-state index < -0.39 is 107 Å². The smallest absolute Gasteiger partial charge is 0.387 e. The lowest BCUT2D eigenvalue weighted by molar-refractivity contribution is -0.120. The van der Waals surface area contributed by atoms with Crippen molar-refractivity contribution in [2.75, 3.05) is 26.3 Å². The fraction of sp³-hybridized carbons (Fsp3) is 0.609. The first-order valence-electron chi connectivity index (χ1n) is 14.0. The number of H-pyrrole nitrogens is 2. The predicted octanol–water partition coefficient (Wildman–Crippen LogP) is -4.47. The van der Waals surface area contributed by atoms with Crippen LogP contribution in [0.15, 0.2) is 31.6 Å². The molecule has 0 aliphatic carbocycles. The van der Waals surface area contributed by atoms with Gasteiger partial charge in [0.05, 0.1) is 19.6 Å². The summed E-state index contributed by atoms with van der Waals surface area (Å²) in [6.07, 6.45) is -9.84. The largest absolute Gasteiger partial charge is 0.472 e. The van der Waals surface area contributed by atoms with Crippen LogP contribution in [0.5, 0.6) is 0 Å². The molecule has 0 radical (unpaired) electrons. The minimum Gasteiger partial charge on any atom is -0.387 e. The van der Waals surface area contributed by atoms with Gasteiger partial charge in [0.25, 0.3) is 11.1 Å². The number of aliphatic hydroxyl groups is 2. The number of aryl methyl sites for hydroxylation is 1. The molecule has 2 aromatic rings. The van der Waals surface area contributed by atoms with Gasteiger partial charge in [-0.25, -0.2) is 18.7 Å². The molecule has 0 bridgehead atoms. The summed E-state index contributed by atoms with van der Waals surface area (Å²) in [6, 6.07) is 0. The van der Waals surface area contributed by atoms with Crippen LogP contribution in [0, 0.1) is 6.92 Å². The van der Waals surface area contributed by atoms with Crippen LogP contribution >= 0.6 is 15.6 Å². The highest BCUT2D eigenvalue weighted by Gasteiger charge is 2.47. The summed E-state index contributed by atoms with van der Waals surface area (Å²) in [4.78, 5) is 93.6. The maximum Gasteiger partial charge on any atom is 0.472 e. The van der Waals surface area contributed by atoms with E-state index in [0.29, 0.717) is 4.57 Å². The van der Waals surface area contributed by atoms with Crippen LogP contribution in [0.2, 0.25) is 0 Å². The van der Waals surface area contributed by atoms with Gasteiger partial charge >= 0.3 is 27.0 Å². The van der Waals surface area contributed by atoms with Crippen LogP contribution in [0.4, 0.5) is 0 Å². The standard InChI is InChI=1S/C23H34N6O17P2/c1-10-6-28(22(35)26-19(10)33)16-5-12(13(44-16)8-42-47(37,38)39)46-48(40,41)43-9-14-17(31)18(32)21(45-14)29-7-11(20(34)27-23(29)36)4-15(30)25-3-2-24/h6-7,12-14,16-18,21,31-32H,2-5,8-9,24H2,1H3,(H,25,30)(H,40,41)(H,26,33,35)(H,27,34,36)(H2,37,38,39)/t12-,13+,14+,16+,17+,18+,21+/m0/s1. The molecule has 8 atom stereocenters. The molecule has 10 N–H and O–H groups in total. The van der Waals surface area contributed by atoms with Crippen molar-refractivity contribution in [3.63, 3.8) is 0 Å². The SMILES string of the molecule is Cc1cn([C@H]2C[C@H](OP(=O)(O)OC[C@H]3O[C@@H](n4cc(CC(=O)NCCN)c(=O)[nH]c4=O)[C@H](O)[C@@H]3O)[C@@H](COP(=O)(O)O)O2)c(=O)[nH]c1=O. The highest BCUT2D eigenvalue weighted by atomic mass is 31.2. The Morgan fingerprint density at radius 1 is 0.979 bits per heavy atom. The summed E-state index contributed by atoms with van der Waals surface area (Å²) in [6.45, 7) is -0.147. The van der Waals surface area contributed by atoms with E-state index in [1.54, 1.807) is 0 Å². The minimum absolute atomic E-state index is 0.103. The Hall–Kier alpha value is -3.15. The Morgan fingerprint density at radius 2 is 1.62 bits per heavy atom. The average molecular weight is 728 g/mol. The fourth-order valence-corrected chi connectivity index (χ4v) is 6.16. The van der Waals surface area contributed by atoms with Gasteiger partial charge in [-0.15, -0.1) is 0 Å². The maximum absolute atomic E-state index is 12.9. The molecular weight excluding hydrogens is 694 g/mol. The number of carbonyl (C=O) groups is 1. The lowest BCUT2D eigenvalue weighted by Gasteiger charge is -2.22. The number of nitrogens with two attached hydrogens (primary N) is 1. The number of phosphoric acid groups is 2. The second-order valence-electron chi connectivity index (χ2n) is 10.7. The predicted molar refractivity (Wildman–Crippen MR) is 156 cm³/mol. The number of phosphoric ester groups is 2. The number of aliphatic hydroxyl groups excluding tert-OH is 2. The molecule has 1 amide bonds. The van der Waals surface area contributed by atoms with E-state index in [9.17, 15) is 48.2 Å². The summed E-state index contributed by atoms with van der Waals surface area (Å²) < 4.78 is 51.5. The molecule has 2 aromatic heterocycles. The number of hydrogen-bond acceptors (Lipinski definition) is 15. The third-order valence-corrected chi connectivity index (χ3v) is 8.68. The van der Waals surface area contributed by atoms with E-state index in [4.69, 9.17) is 34.0 Å². The summed E-state index contributed by atoms with van der Waals surface area (Å²) in [5, 5.41) is 23.6. The van der Waals surface area contributed by atoms with Crippen LogP contribution in [0.3, 0.4) is 0 Å². The number of ether oxygens (including phenoxy) is 2. The molecule has 25 heteroatoms. The third-order valence-electron chi connectivity index (χ3n) is 7.18. The summed E-state index contributed by atoms with van der Waals surface area (Å²) in [5.74, 6) is -0.593. The zero-order valence-corrected chi connectivity index (χ0v) is 26.7. The lowest BCUT2D eigenvalue weighted by Crippen LogP contribution is -2.40. The Balaban J connectivity index is 1.46. The van der Waals surface area contributed by atoms with Gasteiger partial charge < -0.3 is 45.4 Å². The molecule has 4 rings (SSSR count). The monoisotopic (exact) mass is 728 g/mol. The second-order valence-corrected chi connectivity index (χ2v) is 13.4. The highest BCUT2D eigenvalue weighted by molar-refractivity contribution is 7.47. The molecule has 2 fully saturated rings. The number of aromatic nitrogens is 4. The van der Waals surface area contributed by atoms with Gasteiger partial charge in [0.1, 0.15) is 36.7 Å². The van der Waals surface area contributed by atoms with Crippen molar-refractivity contribution in [3.05, 3.63) is 65.2 Å². The first kappa shape index (κ1) is 37.7. The van der Waals surface area contributed by atoms with Gasteiger partial charge in [-0.1, -0.05) is 0 Å². The normalized spacial score (nSPS) is 27.2. The van der Waals surface area contributed by atoms with Crippen LogP contribution in [-0.2, 0) is 43.4 Å². The van der Waals surface area contributed by atoms with Crippen molar-refractivity contribution in [2.24, 2.45) is 5.73 Å². The Kier molecular flexibility index (Phi) is 11.9. The summed E-state index contributed by atoms with van der Waals surface area (Å²) in [7, 11) is -10.2. The van der Waals surface area contributed by atoms with Gasteiger partial charge in [-0.2, -0.15) is 0 Å². The van der Waals surface area contributed by atoms with E-state index in [-0.39, 0.29) is 30.6 Å². The molecule has 2 saturated heterocycles. The molecule has 2 aliphatic heterocycles. The molecule has 0 saturated carbocycles. The molecule has 2 aliphatic rings. The molecule has 1 unspecified atom stereocenters. The number of nitrogens with zero attached hydrogens (tertiary/aromatic N) is 2. The number of amides is 1. The van der Waals surface area contributed by atoms with Crippen molar-refractivity contribution in [1.82, 2.24) is 24.4 Å². The zero-order chi connectivity index (χ0) is 35.6. The lowest BCUT2D eigenvalue weighted by atomic mass is 10.1. The van der Waals surface area contributed by atoms with Crippen LogP contribution in [0.1, 0.15) is 30.0 Å². The molecule has 48 heavy (non-hydrogen) atoms. The first-order chi connectivity index (χ1) is 22.4. The van der Waals surface area contributed by atoms with E-state index in [0.717, 1.165) is 17.0 Å². The van der Waals surface area contributed by atoms with E-state index >= 15 is 0 Å². The number of carbonyl (C=O) groups excluding carboxylic acids is 1. The Bertz CT molecular complexity index is 1820. The topological polar surface area (TPSA) is 346 Å². The Labute approximate surface area is 268 Å². The van der Waals surface area contributed by atoms with Gasteiger partial charge in [-0.3, -0.25) is 47.1 Å². The van der Waals surface area contributed by atoms with E-state index in [1.807, 2.05) is 9.97 Å². The van der Waals surface area contributed by atoms with Gasteiger partial charge in [0.2, 0.25) is 5.91 Å². The van der Waals surface area contributed by atoms with Crippen molar-refractivity contribution < 1.29 is 61.9 Å². The molecule has 268 valence electrons. The summed E-state index contributed by atoms with van der Waals surface area (Å²) in [5.41, 5.74) is 1.66. The first-order valence-corrected chi connectivity index (χ1v) is 17.1. The molecule has 23 nitrogen and oxygen atoms in total. The minimum atomic E-state index is -5.15. The van der Waals surface area contributed by atoms with Gasteiger partial charge in [0.15, 0.2) is 6.23 Å². The van der Waals surface area contributed by atoms with Crippen LogP contribution < -0.4 is 33.5 Å². The maximum atomic E-state index is 12.9. The third kappa shape index (κ3) is 9.30. The number of rotatable bonds is 14. The molecular formula is C23H34N6O17P2. The number of aromatic amines is 2. The number of nitrogens with one attached hydrogen (secondary N) is 3.